The van der Waals surface area contributed by atoms with Crippen molar-refractivity contribution in [3.05, 3.63) is 24.2 Å². The lowest BCUT2D eigenvalue weighted by molar-refractivity contribution is 0.0946. The molecule has 7 nitrogen and oxygen atoms in total. The summed E-state index contributed by atoms with van der Waals surface area (Å²) in [5.41, 5.74) is 0.803. The van der Waals surface area contributed by atoms with Gasteiger partial charge >= 0.3 is 0 Å². The van der Waals surface area contributed by atoms with Crippen LogP contribution in [-0.2, 0) is 0 Å². The number of aromatic amines is 1. The highest BCUT2D eigenvalue weighted by Crippen LogP contribution is 2.17. The number of rotatable bonds is 5. The van der Waals surface area contributed by atoms with Gasteiger partial charge in [-0.2, -0.15) is 5.10 Å². The molecule has 100 valence electrons. The second kappa shape index (κ2) is 5.94. The predicted octanol–water partition coefficient (Wildman–Crippen LogP) is 1.05. The third kappa shape index (κ3) is 3.06. The monoisotopic (exact) mass is 260 g/mol. The highest BCUT2D eigenvalue weighted by atomic mass is 16.2. The van der Waals surface area contributed by atoms with E-state index in [0.717, 1.165) is 17.9 Å². The minimum atomic E-state index is -0.262. The Balaban J connectivity index is 2.22. The van der Waals surface area contributed by atoms with Gasteiger partial charge in [0.15, 0.2) is 5.82 Å². The fourth-order valence-corrected chi connectivity index (χ4v) is 1.58. The summed E-state index contributed by atoms with van der Waals surface area (Å²) in [6, 6.07) is 3.64. The van der Waals surface area contributed by atoms with Crippen LogP contribution >= 0.6 is 0 Å². The van der Waals surface area contributed by atoms with Gasteiger partial charge in [-0.15, -0.1) is 0 Å². The highest BCUT2D eigenvalue weighted by molar-refractivity contribution is 5.90. The van der Waals surface area contributed by atoms with Gasteiger partial charge in [-0.25, -0.2) is 9.97 Å². The zero-order chi connectivity index (χ0) is 13.7. The number of anilines is 1. The third-order valence-corrected chi connectivity index (χ3v) is 2.41. The number of amides is 1. The topological polar surface area (TPSA) is 95.6 Å². The zero-order valence-corrected chi connectivity index (χ0v) is 10.9. The van der Waals surface area contributed by atoms with Crippen molar-refractivity contribution >= 4 is 11.7 Å². The summed E-state index contributed by atoms with van der Waals surface area (Å²) < 4.78 is 0. The quantitative estimate of drug-likeness (QED) is 0.746. The van der Waals surface area contributed by atoms with E-state index in [9.17, 15) is 4.79 Å². The van der Waals surface area contributed by atoms with E-state index in [4.69, 9.17) is 0 Å². The predicted molar refractivity (Wildman–Crippen MR) is 71.8 cm³/mol. The number of carbonyl (C=O) groups is 1. The third-order valence-electron chi connectivity index (χ3n) is 2.41. The summed E-state index contributed by atoms with van der Waals surface area (Å²) in [7, 11) is 0. The lowest BCUT2D eigenvalue weighted by Gasteiger charge is -2.02. The van der Waals surface area contributed by atoms with Crippen LogP contribution in [0.5, 0.6) is 0 Å². The number of carbonyl (C=O) groups excluding carboxylic acids is 1. The molecule has 0 fully saturated rings. The number of nitrogens with zero attached hydrogens (tertiary/aromatic N) is 3. The number of nitrogens with one attached hydrogen (secondary N) is 3. The van der Waals surface area contributed by atoms with Gasteiger partial charge in [-0.3, -0.25) is 9.89 Å². The van der Waals surface area contributed by atoms with E-state index in [2.05, 4.69) is 30.8 Å². The van der Waals surface area contributed by atoms with E-state index in [1.54, 1.807) is 12.3 Å². The standard InChI is InChI=1S/C12H16N6O/c1-3-13-9-7-8(5-6-15-9)10-16-11(18-17-10)12(19)14-4-2/h5-7H,3-4H2,1-2H3,(H,13,15)(H,14,19)(H,16,17,18). The molecule has 0 spiro atoms. The van der Waals surface area contributed by atoms with Crippen molar-refractivity contribution in [2.45, 2.75) is 13.8 Å². The number of hydrogen-bond donors (Lipinski definition) is 3. The smallest absolute Gasteiger partial charge is 0.288 e. The van der Waals surface area contributed by atoms with E-state index in [-0.39, 0.29) is 11.7 Å². The lowest BCUT2D eigenvalue weighted by atomic mass is 10.2. The Hall–Kier alpha value is -2.44. The average Bonchev–Trinajstić information content (AvgIpc) is 2.89. The van der Waals surface area contributed by atoms with Crippen LogP contribution < -0.4 is 10.6 Å². The van der Waals surface area contributed by atoms with Crippen LogP contribution in [0.2, 0.25) is 0 Å². The van der Waals surface area contributed by atoms with Crippen molar-refractivity contribution < 1.29 is 4.79 Å². The normalized spacial score (nSPS) is 10.2. The molecule has 3 N–H and O–H groups in total. The molecule has 1 amide bonds. The van der Waals surface area contributed by atoms with Crippen LogP contribution in [0.25, 0.3) is 11.4 Å². The average molecular weight is 260 g/mol. The molecule has 2 aromatic rings. The summed E-state index contributed by atoms with van der Waals surface area (Å²) in [4.78, 5) is 19.9. The lowest BCUT2D eigenvalue weighted by Crippen LogP contribution is -2.23. The first-order valence-electron chi connectivity index (χ1n) is 6.15. The second-order valence-electron chi connectivity index (χ2n) is 3.83. The van der Waals surface area contributed by atoms with Gasteiger partial charge in [0.2, 0.25) is 5.82 Å². The highest BCUT2D eigenvalue weighted by Gasteiger charge is 2.12. The molecular formula is C12H16N6O. The fraction of sp³-hybridized carbons (Fsp3) is 0.333. The first-order chi connectivity index (χ1) is 9.24. The Kier molecular flexibility index (Phi) is 4.07. The summed E-state index contributed by atoms with van der Waals surface area (Å²) >= 11 is 0. The molecule has 19 heavy (non-hydrogen) atoms. The van der Waals surface area contributed by atoms with Gasteiger partial charge in [0.25, 0.3) is 5.91 Å². The molecule has 2 heterocycles. The maximum atomic E-state index is 11.6. The van der Waals surface area contributed by atoms with Crippen molar-refractivity contribution in [2.24, 2.45) is 0 Å². The molecule has 0 bridgehead atoms. The molecule has 0 unspecified atom stereocenters. The van der Waals surface area contributed by atoms with Crippen molar-refractivity contribution in [1.29, 1.82) is 0 Å². The largest absolute Gasteiger partial charge is 0.370 e. The summed E-state index contributed by atoms with van der Waals surface area (Å²) in [6.45, 7) is 5.18. The van der Waals surface area contributed by atoms with Crippen LogP contribution in [0.4, 0.5) is 5.82 Å². The molecule has 2 rings (SSSR count). The first kappa shape index (κ1) is 13.0. The molecule has 0 aliphatic heterocycles. The SMILES string of the molecule is CCNC(=O)c1nc(-c2ccnc(NCC)c2)n[nH]1. The van der Waals surface area contributed by atoms with Crippen molar-refractivity contribution in [1.82, 2.24) is 25.5 Å². The van der Waals surface area contributed by atoms with Gasteiger partial charge in [-0.1, -0.05) is 0 Å². The number of aromatic nitrogens is 4. The fourth-order valence-electron chi connectivity index (χ4n) is 1.58. The van der Waals surface area contributed by atoms with E-state index < -0.39 is 0 Å². The Morgan fingerprint density at radius 1 is 1.37 bits per heavy atom. The summed E-state index contributed by atoms with van der Waals surface area (Å²) in [5.74, 6) is 1.17. The van der Waals surface area contributed by atoms with Gasteiger partial charge in [0.1, 0.15) is 5.82 Å². The van der Waals surface area contributed by atoms with E-state index >= 15 is 0 Å². The van der Waals surface area contributed by atoms with Crippen LogP contribution in [0.15, 0.2) is 18.3 Å². The molecule has 7 heteroatoms. The molecule has 0 aliphatic carbocycles. The zero-order valence-electron chi connectivity index (χ0n) is 10.9. The van der Waals surface area contributed by atoms with Crippen molar-refractivity contribution in [3.8, 4) is 11.4 Å². The van der Waals surface area contributed by atoms with Gasteiger partial charge < -0.3 is 10.6 Å². The minimum absolute atomic E-state index is 0.207. The molecule has 0 aromatic carbocycles. The molecule has 0 radical (unpaired) electrons. The van der Waals surface area contributed by atoms with Gasteiger partial charge in [-0.05, 0) is 26.0 Å². The summed E-state index contributed by atoms with van der Waals surface area (Å²) in [6.07, 6.45) is 1.68. The molecule has 0 aliphatic rings. The molecular weight excluding hydrogens is 244 g/mol. The molecule has 2 aromatic heterocycles. The second-order valence-corrected chi connectivity index (χ2v) is 3.83. The minimum Gasteiger partial charge on any atom is -0.370 e. The van der Waals surface area contributed by atoms with Crippen molar-refractivity contribution in [3.63, 3.8) is 0 Å². The maximum Gasteiger partial charge on any atom is 0.288 e. The Morgan fingerprint density at radius 3 is 2.95 bits per heavy atom. The van der Waals surface area contributed by atoms with Crippen LogP contribution in [0, 0.1) is 0 Å². The molecule has 0 saturated heterocycles. The Bertz CT molecular complexity index is 565. The Morgan fingerprint density at radius 2 is 2.21 bits per heavy atom. The number of pyridine rings is 1. The van der Waals surface area contributed by atoms with Gasteiger partial charge in [0, 0.05) is 24.8 Å². The number of hydrogen-bond acceptors (Lipinski definition) is 5. The molecule has 0 atom stereocenters. The van der Waals surface area contributed by atoms with E-state index in [0.29, 0.717) is 12.4 Å². The van der Waals surface area contributed by atoms with Crippen LogP contribution in [-0.4, -0.2) is 39.2 Å². The van der Waals surface area contributed by atoms with Crippen LogP contribution in [0.3, 0.4) is 0 Å². The van der Waals surface area contributed by atoms with Crippen molar-refractivity contribution in [2.75, 3.05) is 18.4 Å². The van der Waals surface area contributed by atoms with E-state index in [1.807, 2.05) is 19.9 Å². The van der Waals surface area contributed by atoms with E-state index in [1.165, 1.54) is 0 Å². The van der Waals surface area contributed by atoms with Gasteiger partial charge in [0.05, 0.1) is 0 Å². The maximum absolute atomic E-state index is 11.6. The molecule has 0 saturated carbocycles. The van der Waals surface area contributed by atoms with Crippen LogP contribution in [0.1, 0.15) is 24.5 Å². The number of H-pyrrole nitrogens is 1. The Labute approximate surface area is 110 Å². The first-order valence-corrected chi connectivity index (χ1v) is 6.15. The summed E-state index contributed by atoms with van der Waals surface area (Å²) in [5, 5.41) is 12.4.